The average Bonchev–Trinajstić information content (AvgIpc) is 3.02. The Morgan fingerprint density at radius 3 is 2.62 bits per heavy atom. The Balaban J connectivity index is 2.16. The van der Waals surface area contributed by atoms with E-state index in [1.165, 1.54) is 9.70 Å². The minimum atomic E-state index is -0.575. The summed E-state index contributed by atoms with van der Waals surface area (Å²) >= 11 is 0. The Morgan fingerprint density at radius 2 is 2.00 bits per heavy atom. The molecule has 2 atom stereocenters. The standard InChI is InChI=1S/C14H19N5O2/c1-10(9-20)18(3)14(21)11(2)19-16-13(15-17-19)12-7-5-4-6-8-12/h4-8,10-11,20H,9H2,1-3H3. The first kappa shape index (κ1) is 15.1. The fourth-order valence-electron chi connectivity index (χ4n) is 1.83. The normalized spacial score (nSPS) is 13.7. The smallest absolute Gasteiger partial charge is 0.249 e. The summed E-state index contributed by atoms with van der Waals surface area (Å²) in [5.74, 6) is 0.307. The second-order valence-electron chi connectivity index (χ2n) is 4.96. The highest BCUT2D eigenvalue weighted by Gasteiger charge is 2.24. The lowest BCUT2D eigenvalue weighted by Crippen LogP contribution is -2.41. The molecule has 2 unspecified atom stereocenters. The lowest BCUT2D eigenvalue weighted by Gasteiger charge is -2.25. The van der Waals surface area contributed by atoms with Gasteiger partial charge in [0, 0.05) is 12.6 Å². The molecule has 21 heavy (non-hydrogen) atoms. The number of hydrogen-bond acceptors (Lipinski definition) is 5. The first-order valence-corrected chi connectivity index (χ1v) is 6.77. The molecule has 0 radical (unpaired) electrons. The van der Waals surface area contributed by atoms with Crippen molar-refractivity contribution in [2.24, 2.45) is 0 Å². The highest BCUT2D eigenvalue weighted by Crippen LogP contribution is 2.14. The van der Waals surface area contributed by atoms with Crippen LogP contribution in [0, 0.1) is 0 Å². The molecule has 0 aliphatic carbocycles. The fourth-order valence-corrected chi connectivity index (χ4v) is 1.83. The van der Waals surface area contributed by atoms with Crippen LogP contribution in [-0.4, -0.2) is 55.8 Å². The largest absolute Gasteiger partial charge is 0.394 e. The van der Waals surface area contributed by atoms with Crippen molar-refractivity contribution in [2.45, 2.75) is 25.9 Å². The third-order valence-corrected chi connectivity index (χ3v) is 3.44. The molecule has 0 saturated carbocycles. The van der Waals surface area contributed by atoms with Crippen LogP contribution in [-0.2, 0) is 4.79 Å². The molecule has 7 heteroatoms. The van der Waals surface area contributed by atoms with Gasteiger partial charge in [-0.1, -0.05) is 30.3 Å². The molecule has 1 N–H and O–H groups in total. The Labute approximate surface area is 123 Å². The van der Waals surface area contributed by atoms with Crippen LogP contribution in [0.1, 0.15) is 19.9 Å². The zero-order chi connectivity index (χ0) is 15.4. The van der Waals surface area contributed by atoms with Crippen LogP contribution in [0.15, 0.2) is 30.3 Å². The van der Waals surface area contributed by atoms with Crippen LogP contribution >= 0.6 is 0 Å². The number of rotatable bonds is 5. The van der Waals surface area contributed by atoms with E-state index < -0.39 is 6.04 Å². The van der Waals surface area contributed by atoms with E-state index in [1.807, 2.05) is 30.3 Å². The maximum Gasteiger partial charge on any atom is 0.249 e. The van der Waals surface area contributed by atoms with Crippen molar-refractivity contribution in [2.75, 3.05) is 13.7 Å². The molecule has 0 aliphatic rings. The van der Waals surface area contributed by atoms with Crippen LogP contribution in [0.5, 0.6) is 0 Å². The van der Waals surface area contributed by atoms with Crippen molar-refractivity contribution in [3.05, 3.63) is 30.3 Å². The summed E-state index contributed by atoms with van der Waals surface area (Å²) in [7, 11) is 1.65. The van der Waals surface area contributed by atoms with Crippen molar-refractivity contribution >= 4 is 5.91 Å². The van der Waals surface area contributed by atoms with Crippen LogP contribution < -0.4 is 0 Å². The van der Waals surface area contributed by atoms with Gasteiger partial charge in [-0.3, -0.25) is 4.79 Å². The maximum atomic E-state index is 12.3. The van der Waals surface area contributed by atoms with E-state index in [0.29, 0.717) is 5.82 Å². The number of benzene rings is 1. The third kappa shape index (κ3) is 3.25. The molecule has 1 aromatic heterocycles. The number of nitrogens with zero attached hydrogens (tertiary/aromatic N) is 5. The minimum Gasteiger partial charge on any atom is -0.394 e. The molecule has 1 aromatic carbocycles. The number of hydrogen-bond donors (Lipinski definition) is 1. The van der Waals surface area contributed by atoms with Gasteiger partial charge in [-0.05, 0) is 19.1 Å². The molecular weight excluding hydrogens is 270 g/mol. The molecule has 2 rings (SSSR count). The quantitative estimate of drug-likeness (QED) is 0.877. The molecule has 0 aliphatic heterocycles. The van der Waals surface area contributed by atoms with Gasteiger partial charge < -0.3 is 10.0 Å². The maximum absolute atomic E-state index is 12.3. The topological polar surface area (TPSA) is 84.1 Å². The van der Waals surface area contributed by atoms with Crippen molar-refractivity contribution in [3.8, 4) is 11.4 Å². The number of carbonyl (C=O) groups is 1. The molecular formula is C14H19N5O2. The number of aliphatic hydroxyl groups is 1. The number of amides is 1. The molecule has 112 valence electrons. The summed E-state index contributed by atoms with van der Waals surface area (Å²) in [5, 5.41) is 21.3. The monoisotopic (exact) mass is 289 g/mol. The first-order valence-electron chi connectivity index (χ1n) is 6.77. The fraction of sp³-hybridized carbons (Fsp3) is 0.429. The molecule has 0 saturated heterocycles. The number of likely N-dealkylation sites (N-methyl/N-ethyl adjacent to an activating group) is 1. The molecule has 2 aromatic rings. The van der Waals surface area contributed by atoms with Gasteiger partial charge in [0.2, 0.25) is 11.7 Å². The molecule has 0 spiro atoms. The molecule has 1 heterocycles. The number of aliphatic hydroxyl groups excluding tert-OH is 1. The molecule has 0 bridgehead atoms. The summed E-state index contributed by atoms with van der Waals surface area (Å²) in [6.07, 6.45) is 0. The summed E-state index contributed by atoms with van der Waals surface area (Å²) in [6.45, 7) is 3.39. The predicted molar refractivity (Wildman–Crippen MR) is 77.3 cm³/mol. The van der Waals surface area contributed by atoms with Crippen molar-refractivity contribution in [1.29, 1.82) is 0 Å². The van der Waals surface area contributed by atoms with Crippen molar-refractivity contribution in [3.63, 3.8) is 0 Å². The minimum absolute atomic E-state index is 0.0883. The van der Waals surface area contributed by atoms with Crippen LogP contribution in [0.4, 0.5) is 0 Å². The van der Waals surface area contributed by atoms with Gasteiger partial charge in [0.05, 0.1) is 12.6 Å². The van der Waals surface area contributed by atoms with E-state index in [1.54, 1.807) is 20.9 Å². The van der Waals surface area contributed by atoms with Gasteiger partial charge in [0.15, 0.2) is 0 Å². The number of tetrazole rings is 1. The summed E-state index contributed by atoms with van der Waals surface area (Å²) in [6, 6.07) is 8.63. The van der Waals surface area contributed by atoms with Gasteiger partial charge in [-0.15, -0.1) is 10.2 Å². The lowest BCUT2D eigenvalue weighted by atomic mass is 10.2. The second-order valence-corrected chi connectivity index (χ2v) is 4.96. The molecule has 1 amide bonds. The first-order chi connectivity index (χ1) is 10.0. The van der Waals surface area contributed by atoms with Gasteiger partial charge >= 0.3 is 0 Å². The Hall–Kier alpha value is -2.28. The Morgan fingerprint density at radius 1 is 1.33 bits per heavy atom. The average molecular weight is 289 g/mol. The summed E-state index contributed by atoms with van der Waals surface area (Å²) in [4.78, 5) is 15.1. The summed E-state index contributed by atoms with van der Waals surface area (Å²) < 4.78 is 0. The van der Waals surface area contributed by atoms with E-state index in [4.69, 9.17) is 5.11 Å². The SMILES string of the molecule is CC(CO)N(C)C(=O)C(C)n1nnc(-c2ccccc2)n1. The predicted octanol–water partition coefficient (Wildman–Crippen LogP) is 0.740. The van der Waals surface area contributed by atoms with E-state index >= 15 is 0 Å². The van der Waals surface area contributed by atoms with E-state index in [9.17, 15) is 4.79 Å². The van der Waals surface area contributed by atoms with Gasteiger partial charge in [-0.2, -0.15) is 4.80 Å². The number of aromatic nitrogens is 4. The zero-order valence-corrected chi connectivity index (χ0v) is 12.3. The van der Waals surface area contributed by atoms with Gasteiger partial charge in [-0.25, -0.2) is 0 Å². The molecule has 7 nitrogen and oxygen atoms in total. The second kappa shape index (κ2) is 6.45. The van der Waals surface area contributed by atoms with E-state index in [-0.39, 0.29) is 18.6 Å². The summed E-state index contributed by atoms with van der Waals surface area (Å²) in [5.41, 5.74) is 0.848. The van der Waals surface area contributed by atoms with E-state index in [0.717, 1.165) is 5.56 Å². The van der Waals surface area contributed by atoms with Crippen molar-refractivity contribution in [1.82, 2.24) is 25.1 Å². The zero-order valence-electron chi connectivity index (χ0n) is 12.3. The highest BCUT2D eigenvalue weighted by molar-refractivity contribution is 5.79. The van der Waals surface area contributed by atoms with Crippen molar-refractivity contribution < 1.29 is 9.90 Å². The van der Waals surface area contributed by atoms with E-state index in [2.05, 4.69) is 15.4 Å². The Kier molecular flexibility index (Phi) is 4.64. The van der Waals surface area contributed by atoms with Gasteiger partial charge in [0.1, 0.15) is 6.04 Å². The highest BCUT2D eigenvalue weighted by atomic mass is 16.3. The van der Waals surface area contributed by atoms with Gasteiger partial charge in [0.25, 0.3) is 0 Å². The molecule has 0 fully saturated rings. The number of carbonyl (C=O) groups excluding carboxylic acids is 1. The van der Waals surface area contributed by atoms with Crippen LogP contribution in [0.2, 0.25) is 0 Å². The lowest BCUT2D eigenvalue weighted by molar-refractivity contribution is -0.136. The van der Waals surface area contributed by atoms with Crippen LogP contribution in [0.25, 0.3) is 11.4 Å². The van der Waals surface area contributed by atoms with Crippen LogP contribution in [0.3, 0.4) is 0 Å². The third-order valence-electron chi connectivity index (χ3n) is 3.44. The Bertz CT molecular complexity index is 598.